The Hall–Kier alpha value is -3.23. The van der Waals surface area contributed by atoms with Crippen molar-refractivity contribution in [2.24, 2.45) is 0 Å². The Kier molecular flexibility index (Phi) is 6.50. The average Bonchev–Trinajstić information content (AvgIpc) is 2.88. The fourth-order valence-corrected chi connectivity index (χ4v) is 2.86. The number of para-hydroxylation sites is 1. The molecular weight excluding hydrogens is 364 g/mol. The number of amides is 1. The van der Waals surface area contributed by atoms with E-state index in [4.69, 9.17) is 4.74 Å². The van der Waals surface area contributed by atoms with Gasteiger partial charge in [0, 0.05) is 5.69 Å². The normalized spacial score (nSPS) is 11.9. The van der Waals surface area contributed by atoms with Crippen molar-refractivity contribution in [2.75, 3.05) is 5.32 Å². The lowest BCUT2D eigenvalue weighted by atomic mass is 10.0. The van der Waals surface area contributed by atoms with E-state index in [9.17, 15) is 19.7 Å². The Bertz CT molecular complexity index is 904. The molecule has 2 aromatic rings. The predicted octanol–water partition coefficient (Wildman–Crippen LogP) is 3.10. The smallest absolute Gasteiger partial charge is 0.328 e. The number of nitrogens with zero attached hydrogens (tertiary/aromatic N) is 3. The van der Waals surface area contributed by atoms with Gasteiger partial charge in [0.25, 0.3) is 5.91 Å². The van der Waals surface area contributed by atoms with Gasteiger partial charge in [-0.25, -0.2) is 0 Å². The van der Waals surface area contributed by atoms with E-state index >= 15 is 0 Å². The zero-order valence-electron chi connectivity index (χ0n) is 16.6. The summed E-state index contributed by atoms with van der Waals surface area (Å²) in [6, 6.07) is 7.42. The van der Waals surface area contributed by atoms with Crippen LogP contribution in [0.5, 0.6) is 0 Å². The molecule has 0 spiro atoms. The van der Waals surface area contributed by atoms with Crippen LogP contribution >= 0.6 is 0 Å². The zero-order chi connectivity index (χ0) is 21.0. The minimum absolute atomic E-state index is 0.135. The van der Waals surface area contributed by atoms with Gasteiger partial charge in [-0.1, -0.05) is 32.0 Å². The number of hydrogen-bond donors (Lipinski definition) is 1. The molecule has 2 rings (SSSR count). The lowest BCUT2D eigenvalue weighted by Crippen LogP contribution is -2.31. The summed E-state index contributed by atoms with van der Waals surface area (Å²) in [4.78, 5) is 35.1. The molecule has 0 fully saturated rings. The molecular formula is C19H24N4O5. The number of aromatic nitrogens is 2. The summed E-state index contributed by atoms with van der Waals surface area (Å²) in [7, 11) is 0. The molecule has 0 aliphatic rings. The van der Waals surface area contributed by atoms with E-state index in [0.717, 1.165) is 5.56 Å². The van der Waals surface area contributed by atoms with Crippen LogP contribution in [0.25, 0.3) is 0 Å². The first-order valence-corrected chi connectivity index (χ1v) is 8.89. The van der Waals surface area contributed by atoms with Crippen molar-refractivity contribution in [3.63, 3.8) is 0 Å². The van der Waals surface area contributed by atoms with Gasteiger partial charge < -0.3 is 10.1 Å². The number of hydrogen-bond acceptors (Lipinski definition) is 6. The molecule has 1 aromatic carbocycles. The Morgan fingerprint density at radius 2 is 1.89 bits per heavy atom. The van der Waals surface area contributed by atoms with Crippen molar-refractivity contribution in [3.05, 3.63) is 51.3 Å². The van der Waals surface area contributed by atoms with Crippen molar-refractivity contribution in [2.45, 2.75) is 53.2 Å². The first-order chi connectivity index (χ1) is 13.1. The molecule has 1 amide bonds. The molecule has 28 heavy (non-hydrogen) atoms. The maximum Gasteiger partial charge on any atom is 0.328 e. The van der Waals surface area contributed by atoms with Crippen LogP contribution in [-0.4, -0.2) is 32.7 Å². The summed E-state index contributed by atoms with van der Waals surface area (Å²) in [5, 5.41) is 17.8. The number of benzene rings is 1. The highest BCUT2D eigenvalue weighted by atomic mass is 16.6. The second-order valence-corrected chi connectivity index (χ2v) is 6.80. The summed E-state index contributed by atoms with van der Waals surface area (Å²) in [5.41, 5.74) is 1.97. The van der Waals surface area contributed by atoms with Gasteiger partial charge in [-0.15, -0.1) is 0 Å². The molecule has 9 nitrogen and oxygen atoms in total. The van der Waals surface area contributed by atoms with E-state index in [2.05, 4.69) is 10.4 Å². The van der Waals surface area contributed by atoms with E-state index < -0.39 is 22.9 Å². The van der Waals surface area contributed by atoms with Gasteiger partial charge in [0.15, 0.2) is 6.10 Å². The summed E-state index contributed by atoms with van der Waals surface area (Å²) >= 11 is 0. The molecule has 0 unspecified atom stereocenters. The molecule has 0 aliphatic carbocycles. The highest BCUT2D eigenvalue weighted by Gasteiger charge is 2.25. The molecule has 1 N–H and O–H groups in total. The van der Waals surface area contributed by atoms with Gasteiger partial charge >= 0.3 is 11.7 Å². The van der Waals surface area contributed by atoms with E-state index in [1.807, 2.05) is 32.0 Å². The number of nitro groups is 1. The monoisotopic (exact) mass is 388 g/mol. The molecule has 150 valence electrons. The van der Waals surface area contributed by atoms with Crippen molar-refractivity contribution in [3.8, 4) is 0 Å². The van der Waals surface area contributed by atoms with Crippen LogP contribution in [0.2, 0.25) is 0 Å². The number of anilines is 1. The lowest BCUT2D eigenvalue weighted by molar-refractivity contribution is -0.386. The second kappa shape index (κ2) is 8.64. The molecule has 0 radical (unpaired) electrons. The number of ether oxygens (including phenoxy) is 1. The number of carbonyl (C=O) groups is 2. The summed E-state index contributed by atoms with van der Waals surface area (Å²) in [6.07, 6.45) is -1.03. The highest BCUT2D eigenvalue weighted by Crippen LogP contribution is 2.24. The van der Waals surface area contributed by atoms with Crippen LogP contribution in [0, 0.1) is 24.0 Å². The van der Waals surface area contributed by atoms with Crippen molar-refractivity contribution < 1.29 is 19.2 Å². The third kappa shape index (κ3) is 4.73. The molecule has 0 aliphatic heterocycles. The van der Waals surface area contributed by atoms with Crippen molar-refractivity contribution in [1.29, 1.82) is 0 Å². The molecule has 0 saturated heterocycles. The van der Waals surface area contributed by atoms with Crippen LogP contribution in [-0.2, 0) is 20.9 Å². The fraction of sp³-hybridized carbons (Fsp3) is 0.421. The summed E-state index contributed by atoms with van der Waals surface area (Å²) in [5.74, 6) is -0.947. The number of nitrogens with one attached hydrogen (secondary N) is 1. The van der Waals surface area contributed by atoms with E-state index in [0.29, 0.717) is 5.69 Å². The quantitative estimate of drug-likeness (QED) is 0.442. The minimum Gasteiger partial charge on any atom is -0.451 e. The molecule has 0 saturated carbocycles. The van der Waals surface area contributed by atoms with Gasteiger partial charge in [0.1, 0.15) is 17.9 Å². The maximum atomic E-state index is 12.4. The Labute approximate surface area is 162 Å². The first-order valence-electron chi connectivity index (χ1n) is 8.89. The van der Waals surface area contributed by atoms with E-state index in [1.54, 1.807) is 6.07 Å². The highest BCUT2D eigenvalue weighted by molar-refractivity contribution is 5.95. The first kappa shape index (κ1) is 21.1. The van der Waals surface area contributed by atoms with Gasteiger partial charge in [0.2, 0.25) is 0 Å². The Morgan fingerprint density at radius 3 is 2.46 bits per heavy atom. The van der Waals surface area contributed by atoms with Crippen molar-refractivity contribution in [1.82, 2.24) is 9.78 Å². The molecule has 1 aromatic heterocycles. The predicted molar refractivity (Wildman–Crippen MR) is 103 cm³/mol. The minimum atomic E-state index is -1.03. The molecule has 1 heterocycles. The van der Waals surface area contributed by atoms with E-state index in [-0.39, 0.29) is 29.5 Å². The zero-order valence-corrected chi connectivity index (χ0v) is 16.6. The van der Waals surface area contributed by atoms with E-state index in [1.165, 1.54) is 25.5 Å². The van der Waals surface area contributed by atoms with Crippen LogP contribution in [0.3, 0.4) is 0 Å². The van der Waals surface area contributed by atoms with Crippen LogP contribution in [0.15, 0.2) is 24.3 Å². The third-order valence-corrected chi connectivity index (χ3v) is 4.32. The van der Waals surface area contributed by atoms with Crippen molar-refractivity contribution >= 4 is 23.3 Å². The fourth-order valence-electron chi connectivity index (χ4n) is 2.86. The van der Waals surface area contributed by atoms with Gasteiger partial charge in [-0.05, 0) is 38.3 Å². The van der Waals surface area contributed by atoms with Crippen LogP contribution < -0.4 is 5.32 Å². The van der Waals surface area contributed by atoms with Gasteiger partial charge in [-0.3, -0.25) is 24.4 Å². The maximum absolute atomic E-state index is 12.4. The summed E-state index contributed by atoms with van der Waals surface area (Å²) in [6.45, 7) is 8.18. The van der Waals surface area contributed by atoms with Gasteiger partial charge in [-0.2, -0.15) is 5.10 Å². The van der Waals surface area contributed by atoms with Crippen LogP contribution in [0.1, 0.15) is 43.6 Å². The second-order valence-electron chi connectivity index (χ2n) is 6.80. The number of carbonyl (C=O) groups excluding carboxylic acids is 2. The SMILES string of the molecule is Cc1nn(CC(=O)O[C@@H](C)C(=O)Nc2ccccc2C(C)C)c(C)c1[N+](=O)[O-]. The average molecular weight is 388 g/mol. The summed E-state index contributed by atoms with van der Waals surface area (Å²) < 4.78 is 6.37. The topological polar surface area (TPSA) is 116 Å². The molecule has 9 heteroatoms. The number of rotatable bonds is 7. The number of aryl methyl sites for hydroxylation is 1. The standard InChI is InChI=1S/C19H24N4O5/c1-11(2)15-8-6-7-9-16(15)20-19(25)14(5)28-17(24)10-22-13(4)18(23(26)27)12(3)21-22/h6-9,11,14H,10H2,1-5H3,(H,20,25)/t14-/m0/s1. The van der Waals surface area contributed by atoms with Gasteiger partial charge in [0.05, 0.1) is 4.92 Å². The Balaban J connectivity index is 2.02. The van der Waals surface area contributed by atoms with Crippen LogP contribution in [0.4, 0.5) is 11.4 Å². The third-order valence-electron chi connectivity index (χ3n) is 4.32. The lowest BCUT2D eigenvalue weighted by Gasteiger charge is -2.17. The molecule has 1 atom stereocenters. The molecule has 0 bridgehead atoms. The largest absolute Gasteiger partial charge is 0.451 e. The number of esters is 1. The Morgan fingerprint density at radius 1 is 1.25 bits per heavy atom.